The molecule has 2 heterocycles. The summed E-state index contributed by atoms with van der Waals surface area (Å²) < 4.78 is 23.0. The van der Waals surface area contributed by atoms with Crippen molar-refractivity contribution in [3.05, 3.63) is 51.8 Å². The Kier molecular flexibility index (Phi) is 11.5. The zero-order valence-corrected chi connectivity index (χ0v) is 23.3. The number of amides is 1. The predicted molar refractivity (Wildman–Crippen MR) is 143 cm³/mol. The van der Waals surface area contributed by atoms with Crippen molar-refractivity contribution >= 4 is 35.1 Å². The van der Waals surface area contributed by atoms with Gasteiger partial charge in [0.25, 0.3) is 5.91 Å². The largest absolute Gasteiger partial charge is 0.503 e. The minimum Gasteiger partial charge on any atom is -0.503 e. The van der Waals surface area contributed by atoms with Crippen LogP contribution in [0.15, 0.2) is 30.5 Å². The number of carbonyl (C=O) groups is 2. The van der Waals surface area contributed by atoms with Gasteiger partial charge in [-0.15, -0.1) is 0 Å². The second kappa shape index (κ2) is 14.5. The summed E-state index contributed by atoms with van der Waals surface area (Å²) in [6.45, 7) is 4.46. The van der Waals surface area contributed by atoms with E-state index in [0.717, 1.165) is 24.8 Å². The molecule has 1 aliphatic rings. The van der Waals surface area contributed by atoms with Gasteiger partial charge in [0.1, 0.15) is 6.10 Å². The molecule has 0 radical (unpaired) electrons. The summed E-state index contributed by atoms with van der Waals surface area (Å²) in [5, 5.41) is 13.9. The van der Waals surface area contributed by atoms with E-state index in [-0.39, 0.29) is 30.6 Å². The molecule has 11 heteroatoms. The lowest BCUT2D eigenvalue weighted by Crippen LogP contribution is -2.46. The molecule has 0 unspecified atom stereocenters. The maximum atomic E-state index is 13.1. The van der Waals surface area contributed by atoms with E-state index in [2.05, 4.69) is 17.2 Å². The SMILES string of the molecule is CCCCCO[C@@H]1[C@@H](Cc2ccc(Cl)cc2Cl)COC[C@H](NC(=O)c2nccc(OC)c2O)C(=O)O[C@H]1C. The molecule has 2 N–H and O–H groups in total. The molecule has 2 aromatic rings. The first kappa shape index (κ1) is 30.0. The van der Waals surface area contributed by atoms with Crippen LogP contribution in [0.25, 0.3) is 0 Å². The molecule has 1 aliphatic heterocycles. The standard InChI is InChI=1S/C27H34Cl2N2O7/c1-4-5-6-11-37-25-16(2)38-27(34)21(31-26(33)23-24(32)22(35-3)9-10-30-23)15-36-14-18(25)12-17-7-8-19(28)13-20(17)29/h7-10,13,16,18,21,25,32H,4-6,11-12,14-15H2,1-3H3,(H,31,33)/t16-,18-,21-,25-/m0/s1. The van der Waals surface area contributed by atoms with Gasteiger partial charge in [-0.2, -0.15) is 0 Å². The molecule has 0 bridgehead atoms. The van der Waals surface area contributed by atoms with Crippen molar-refractivity contribution in [1.29, 1.82) is 0 Å². The quantitative estimate of drug-likeness (QED) is 0.315. The minimum absolute atomic E-state index is 0.0823. The highest BCUT2D eigenvalue weighted by Crippen LogP contribution is 2.29. The van der Waals surface area contributed by atoms with Crippen molar-refractivity contribution in [2.24, 2.45) is 5.92 Å². The van der Waals surface area contributed by atoms with Crippen LogP contribution in [0.5, 0.6) is 11.5 Å². The zero-order chi connectivity index (χ0) is 27.7. The topological polar surface area (TPSA) is 116 Å². The number of hydrogen-bond donors (Lipinski definition) is 2. The summed E-state index contributed by atoms with van der Waals surface area (Å²) in [6, 6.07) is 5.60. The monoisotopic (exact) mass is 568 g/mol. The summed E-state index contributed by atoms with van der Waals surface area (Å²) in [5.41, 5.74) is 0.589. The smallest absolute Gasteiger partial charge is 0.331 e. The molecule has 0 aliphatic carbocycles. The number of aromatic nitrogens is 1. The normalized spacial score (nSPS) is 22.1. The predicted octanol–water partition coefficient (Wildman–Crippen LogP) is 4.60. The number of pyridine rings is 1. The first-order chi connectivity index (χ1) is 18.2. The van der Waals surface area contributed by atoms with Gasteiger partial charge in [-0.25, -0.2) is 9.78 Å². The third-order valence-electron chi connectivity index (χ3n) is 6.31. The Morgan fingerprint density at radius 1 is 1.24 bits per heavy atom. The van der Waals surface area contributed by atoms with E-state index in [0.29, 0.717) is 23.1 Å². The third kappa shape index (κ3) is 7.96. The average molecular weight is 569 g/mol. The molecule has 1 saturated heterocycles. The molecular weight excluding hydrogens is 535 g/mol. The third-order valence-corrected chi connectivity index (χ3v) is 6.90. The molecule has 0 saturated carbocycles. The van der Waals surface area contributed by atoms with E-state index in [1.807, 2.05) is 6.07 Å². The Hall–Kier alpha value is -2.59. The van der Waals surface area contributed by atoms with Crippen molar-refractivity contribution in [3.63, 3.8) is 0 Å². The summed E-state index contributed by atoms with van der Waals surface area (Å²) in [7, 11) is 1.36. The number of hydrogen-bond acceptors (Lipinski definition) is 8. The van der Waals surface area contributed by atoms with Gasteiger partial charge in [0, 0.05) is 34.8 Å². The highest BCUT2D eigenvalue weighted by atomic mass is 35.5. The van der Waals surface area contributed by atoms with Crippen molar-refractivity contribution in [2.75, 3.05) is 26.9 Å². The number of esters is 1. The Labute approximate surface area is 232 Å². The summed E-state index contributed by atoms with van der Waals surface area (Å²) in [6.07, 6.45) is 3.66. The van der Waals surface area contributed by atoms with E-state index < -0.39 is 35.9 Å². The van der Waals surface area contributed by atoms with Crippen LogP contribution in [0.3, 0.4) is 0 Å². The fourth-order valence-corrected chi connectivity index (χ4v) is 4.78. The van der Waals surface area contributed by atoms with Crippen LogP contribution in [0.2, 0.25) is 10.0 Å². The van der Waals surface area contributed by atoms with Gasteiger partial charge >= 0.3 is 5.97 Å². The van der Waals surface area contributed by atoms with Gasteiger partial charge < -0.3 is 29.4 Å². The second-order valence-electron chi connectivity index (χ2n) is 9.16. The maximum absolute atomic E-state index is 13.1. The number of unbranched alkanes of at least 4 members (excludes halogenated alkanes) is 2. The Bertz CT molecular complexity index is 1100. The molecule has 9 nitrogen and oxygen atoms in total. The van der Waals surface area contributed by atoms with Crippen LogP contribution in [-0.2, 0) is 25.4 Å². The van der Waals surface area contributed by atoms with Gasteiger partial charge in [-0.3, -0.25) is 4.79 Å². The minimum atomic E-state index is -1.13. The van der Waals surface area contributed by atoms with E-state index >= 15 is 0 Å². The number of nitrogens with one attached hydrogen (secondary N) is 1. The lowest BCUT2D eigenvalue weighted by Gasteiger charge is -2.31. The molecular formula is C27H34Cl2N2O7. The lowest BCUT2D eigenvalue weighted by atomic mass is 9.91. The number of methoxy groups -OCH3 is 1. The molecule has 1 aromatic carbocycles. The summed E-state index contributed by atoms with van der Waals surface area (Å²) in [5.74, 6) is -1.99. The number of cyclic esters (lactones) is 1. The number of rotatable bonds is 10. The number of nitrogens with zero attached hydrogens (tertiary/aromatic N) is 1. The average Bonchev–Trinajstić information content (AvgIpc) is 2.93. The second-order valence-corrected chi connectivity index (χ2v) is 10.0. The van der Waals surface area contributed by atoms with Crippen molar-refractivity contribution in [1.82, 2.24) is 10.3 Å². The molecule has 4 atom stereocenters. The molecule has 1 fully saturated rings. The lowest BCUT2D eigenvalue weighted by molar-refractivity contribution is -0.160. The van der Waals surface area contributed by atoms with Gasteiger partial charge in [0.2, 0.25) is 0 Å². The first-order valence-electron chi connectivity index (χ1n) is 12.6. The van der Waals surface area contributed by atoms with Crippen LogP contribution >= 0.6 is 23.2 Å². The summed E-state index contributed by atoms with van der Waals surface area (Å²) in [4.78, 5) is 29.8. The van der Waals surface area contributed by atoms with Gasteiger partial charge in [0.05, 0.1) is 26.4 Å². The zero-order valence-electron chi connectivity index (χ0n) is 21.7. The number of halogens is 2. The van der Waals surface area contributed by atoms with Crippen LogP contribution in [0.1, 0.15) is 49.2 Å². The fourth-order valence-electron chi connectivity index (χ4n) is 4.30. The molecule has 1 aromatic heterocycles. The number of ether oxygens (including phenoxy) is 4. The molecule has 1 amide bonds. The van der Waals surface area contributed by atoms with E-state index in [1.165, 1.54) is 19.4 Å². The molecule has 3 rings (SSSR count). The fraction of sp³-hybridized carbons (Fsp3) is 0.519. The highest BCUT2D eigenvalue weighted by Gasteiger charge is 2.36. The molecule has 208 valence electrons. The van der Waals surface area contributed by atoms with Crippen LogP contribution in [0, 0.1) is 5.92 Å². The number of aromatic hydroxyl groups is 1. The van der Waals surface area contributed by atoms with Gasteiger partial charge in [-0.1, -0.05) is 49.0 Å². The Balaban J connectivity index is 1.79. The number of benzene rings is 1. The number of carbonyl (C=O) groups excluding carboxylic acids is 2. The van der Waals surface area contributed by atoms with Crippen LogP contribution in [0.4, 0.5) is 0 Å². The van der Waals surface area contributed by atoms with Crippen molar-refractivity contribution in [3.8, 4) is 11.5 Å². The molecule has 0 spiro atoms. The summed E-state index contributed by atoms with van der Waals surface area (Å²) >= 11 is 12.5. The van der Waals surface area contributed by atoms with Gasteiger partial charge in [-0.05, 0) is 37.5 Å². The Morgan fingerprint density at radius 3 is 2.74 bits per heavy atom. The van der Waals surface area contributed by atoms with Crippen molar-refractivity contribution in [2.45, 2.75) is 57.8 Å². The van der Waals surface area contributed by atoms with E-state index in [9.17, 15) is 14.7 Å². The van der Waals surface area contributed by atoms with E-state index in [4.69, 9.17) is 42.1 Å². The van der Waals surface area contributed by atoms with Crippen LogP contribution in [-0.4, -0.2) is 67.1 Å². The van der Waals surface area contributed by atoms with Gasteiger partial charge in [0.15, 0.2) is 23.2 Å². The first-order valence-corrected chi connectivity index (χ1v) is 13.4. The molecule has 38 heavy (non-hydrogen) atoms. The highest BCUT2D eigenvalue weighted by molar-refractivity contribution is 6.35. The van der Waals surface area contributed by atoms with Crippen molar-refractivity contribution < 1.29 is 33.6 Å². The Morgan fingerprint density at radius 2 is 2.03 bits per heavy atom. The maximum Gasteiger partial charge on any atom is 0.331 e. The van der Waals surface area contributed by atoms with Crippen LogP contribution < -0.4 is 10.1 Å². The van der Waals surface area contributed by atoms with E-state index in [1.54, 1.807) is 19.1 Å².